The van der Waals surface area contributed by atoms with Crippen molar-refractivity contribution >= 4 is 40.5 Å². The van der Waals surface area contributed by atoms with E-state index in [9.17, 15) is 9.59 Å². The molecule has 0 spiro atoms. The van der Waals surface area contributed by atoms with E-state index < -0.39 is 0 Å². The molecule has 1 unspecified atom stereocenters. The van der Waals surface area contributed by atoms with Crippen molar-refractivity contribution < 1.29 is 9.59 Å². The molecule has 0 saturated heterocycles. The molecular weight excluding hydrogens is 427 g/mol. The Morgan fingerprint density at radius 2 is 2.12 bits per heavy atom. The third kappa shape index (κ3) is 3.66. The van der Waals surface area contributed by atoms with Gasteiger partial charge in [0.1, 0.15) is 0 Å². The maximum absolute atomic E-state index is 12.5. The highest BCUT2D eigenvalue weighted by atomic mass is 127. The lowest BCUT2D eigenvalue weighted by atomic mass is 9.72. The number of carbonyl (C=O) groups excluding carboxylic acids is 2. The van der Waals surface area contributed by atoms with E-state index in [4.69, 9.17) is 0 Å². The number of para-hydroxylation sites is 1. The molecule has 5 heteroatoms. The number of nitrogens with one attached hydrogen (secondary N) is 1. The van der Waals surface area contributed by atoms with Crippen LogP contribution in [0.4, 0.5) is 5.69 Å². The van der Waals surface area contributed by atoms with Crippen molar-refractivity contribution in [1.82, 2.24) is 4.57 Å². The summed E-state index contributed by atoms with van der Waals surface area (Å²) in [6.07, 6.45) is 5.32. The Bertz CT molecular complexity index is 784. The molecule has 0 bridgehead atoms. The Hall–Kier alpha value is -1.63. The molecule has 132 valence electrons. The fraction of sp³-hybridized carbons (Fsp3) is 0.400. The number of fused-ring (bicyclic) bond motifs is 1. The number of benzene rings is 1. The van der Waals surface area contributed by atoms with E-state index in [0.29, 0.717) is 6.42 Å². The Balaban J connectivity index is 1.73. The van der Waals surface area contributed by atoms with Gasteiger partial charge < -0.3 is 9.88 Å². The van der Waals surface area contributed by atoms with Crippen LogP contribution in [0.5, 0.6) is 0 Å². The monoisotopic (exact) mass is 450 g/mol. The number of hydrogen-bond donors (Lipinski definition) is 1. The summed E-state index contributed by atoms with van der Waals surface area (Å²) >= 11 is 2.23. The van der Waals surface area contributed by atoms with Crippen LogP contribution in [0.15, 0.2) is 36.4 Å². The van der Waals surface area contributed by atoms with Gasteiger partial charge >= 0.3 is 0 Å². The number of carbonyl (C=O) groups is 2. The van der Waals surface area contributed by atoms with E-state index in [2.05, 4.69) is 45.5 Å². The molecule has 25 heavy (non-hydrogen) atoms. The van der Waals surface area contributed by atoms with Crippen LogP contribution >= 0.6 is 22.6 Å². The van der Waals surface area contributed by atoms with Crippen LogP contribution in [0.2, 0.25) is 0 Å². The standard InChI is InChI=1S/C20H23IN2O2/c1-2-20(11-5-13-23-15(14-24)8-9-18(20)23)12-10-19(25)22-17-7-4-3-6-16(17)21/h3-4,6-9,14H,2,5,10-13H2,1H3,(H,22,25). The average Bonchev–Trinajstić information content (AvgIpc) is 3.06. The summed E-state index contributed by atoms with van der Waals surface area (Å²) in [7, 11) is 0. The molecule has 3 rings (SSSR count). The summed E-state index contributed by atoms with van der Waals surface area (Å²) in [6, 6.07) is 11.8. The Morgan fingerprint density at radius 3 is 2.84 bits per heavy atom. The van der Waals surface area contributed by atoms with E-state index >= 15 is 0 Å². The van der Waals surface area contributed by atoms with Gasteiger partial charge in [-0.05, 0) is 72.5 Å². The van der Waals surface area contributed by atoms with Crippen molar-refractivity contribution in [3.63, 3.8) is 0 Å². The second-order valence-electron chi connectivity index (χ2n) is 6.68. The van der Waals surface area contributed by atoms with Crippen molar-refractivity contribution in [3.8, 4) is 0 Å². The Labute approximate surface area is 162 Å². The molecule has 2 heterocycles. The Kier molecular flexibility index (Phi) is 5.61. The van der Waals surface area contributed by atoms with Crippen LogP contribution in [0.1, 0.15) is 55.2 Å². The minimum Gasteiger partial charge on any atom is -0.342 e. The first-order valence-corrected chi connectivity index (χ1v) is 9.87. The van der Waals surface area contributed by atoms with Gasteiger partial charge in [-0.1, -0.05) is 19.1 Å². The van der Waals surface area contributed by atoms with Gasteiger partial charge in [0.25, 0.3) is 0 Å². The van der Waals surface area contributed by atoms with Gasteiger partial charge in [0.05, 0.1) is 11.4 Å². The summed E-state index contributed by atoms with van der Waals surface area (Å²) in [4.78, 5) is 23.7. The second-order valence-corrected chi connectivity index (χ2v) is 7.84. The van der Waals surface area contributed by atoms with Gasteiger partial charge in [0.15, 0.2) is 6.29 Å². The minimum absolute atomic E-state index is 0.0132. The van der Waals surface area contributed by atoms with Crippen molar-refractivity contribution in [2.24, 2.45) is 0 Å². The zero-order chi connectivity index (χ0) is 17.9. The van der Waals surface area contributed by atoms with Gasteiger partial charge in [0, 0.05) is 27.6 Å². The van der Waals surface area contributed by atoms with E-state index in [0.717, 1.165) is 53.5 Å². The van der Waals surface area contributed by atoms with E-state index in [1.165, 1.54) is 5.69 Å². The summed E-state index contributed by atoms with van der Waals surface area (Å²) in [5.74, 6) is 0.0521. The number of aldehydes is 1. The normalized spacial score (nSPS) is 19.3. The van der Waals surface area contributed by atoms with Crippen molar-refractivity contribution in [3.05, 3.63) is 51.4 Å². The highest BCUT2D eigenvalue weighted by Gasteiger charge is 2.36. The molecule has 1 amide bonds. The molecule has 2 aromatic rings. The van der Waals surface area contributed by atoms with Gasteiger partial charge in [-0.15, -0.1) is 0 Å². The number of amides is 1. The predicted molar refractivity (Wildman–Crippen MR) is 108 cm³/mol. The maximum atomic E-state index is 12.5. The van der Waals surface area contributed by atoms with E-state index in [-0.39, 0.29) is 11.3 Å². The van der Waals surface area contributed by atoms with E-state index in [1.54, 1.807) is 0 Å². The average molecular weight is 450 g/mol. The Morgan fingerprint density at radius 1 is 1.32 bits per heavy atom. The number of aromatic nitrogens is 1. The van der Waals surface area contributed by atoms with E-state index in [1.807, 2.05) is 30.3 Å². The van der Waals surface area contributed by atoms with Gasteiger partial charge in [-0.25, -0.2) is 0 Å². The predicted octanol–water partition coefficient (Wildman–Crippen LogP) is 4.77. The van der Waals surface area contributed by atoms with Gasteiger partial charge in [-0.3, -0.25) is 9.59 Å². The lowest BCUT2D eigenvalue weighted by Crippen LogP contribution is -2.34. The molecule has 0 fully saturated rings. The summed E-state index contributed by atoms with van der Waals surface area (Å²) in [5, 5.41) is 3.02. The largest absolute Gasteiger partial charge is 0.342 e. The molecule has 1 aliphatic heterocycles. The van der Waals surface area contributed by atoms with Crippen LogP contribution in [-0.4, -0.2) is 16.8 Å². The topological polar surface area (TPSA) is 51.1 Å². The van der Waals surface area contributed by atoms with Gasteiger partial charge in [0.2, 0.25) is 5.91 Å². The number of anilines is 1. The van der Waals surface area contributed by atoms with Crippen LogP contribution in [0, 0.1) is 3.57 Å². The SMILES string of the molecule is CCC1(CCC(=O)Nc2ccccc2I)CCCn2c(C=O)ccc21. The lowest BCUT2D eigenvalue weighted by Gasteiger charge is -2.38. The number of hydrogen-bond acceptors (Lipinski definition) is 2. The highest BCUT2D eigenvalue weighted by molar-refractivity contribution is 14.1. The summed E-state index contributed by atoms with van der Waals surface area (Å²) < 4.78 is 3.18. The maximum Gasteiger partial charge on any atom is 0.224 e. The van der Waals surface area contributed by atoms with Crippen LogP contribution in [-0.2, 0) is 16.8 Å². The fourth-order valence-corrected chi connectivity index (χ4v) is 4.44. The smallest absolute Gasteiger partial charge is 0.224 e. The summed E-state index contributed by atoms with van der Waals surface area (Å²) in [5.41, 5.74) is 2.82. The summed E-state index contributed by atoms with van der Waals surface area (Å²) in [6.45, 7) is 3.08. The van der Waals surface area contributed by atoms with Crippen LogP contribution in [0.3, 0.4) is 0 Å². The number of halogens is 1. The molecule has 4 nitrogen and oxygen atoms in total. The molecule has 1 N–H and O–H groups in total. The first kappa shape index (κ1) is 18.2. The quantitative estimate of drug-likeness (QED) is 0.510. The zero-order valence-electron chi connectivity index (χ0n) is 14.4. The first-order valence-electron chi connectivity index (χ1n) is 8.79. The highest BCUT2D eigenvalue weighted by Crippen LogP contribution is 2.41. The van der Waals surface area contributed by atoms with Gasteiger partial charge in [-0.2, -0.15) is 0 Å². The zero-order valence-corrected chi connectivity index (χ0v) is 16.6. The molecule has 1 aromatic carbocycles. The minimum atomic E-state index is -0.0132. The molecule has 0 aliphatic carbocycles. The first-order chi connectivity index (χ1) is 12.1. The number of rotatable bonds is 6. The van der Waals surface area contributed by atoms with Crippen molar-refractivity contribution in [2.75, 3.05) is 5.32 Å². The third-order valence-corrected chi connectivity index (χ3v) is 6.31. The molecule has 1 aliphatic rings. The molecule has 1 aromatic heterocycles. The van der Waals surface area contributed by atoms with Crippen molar-refractivity contribution in [2.45, 2.75) is 51.0 Å². The third-order valence-electron chi connectivity index (χ3n) is 5.37. The molecule has 1 atom stereocenters. The molecular formula is C20H23IN2O2. The van der Waals surface area contributed by atoms with Crippen molar-refractivity contribution in [1.29, 1.82) is 0 Å². The van der Waals surface area contributed by atoms with Crippen LogP contribution < -0.4 is 5.32 Å². The molecule has 0 saturated carbocycles. The fourth-order valence-electron chi connectivity index (χ4n) is 3.92. The lowest BCUT2D eigenvalue weighted by molar-refractivity contribution is -0.116. The number of nitrogens with zero attached hydrogens (tertiary/aromatic N) is 1. The molecule has 0 radical (unpaired) electrons. The van der Waals surface area contributed by atoms with Crippen LogP contribution in [0.25, 0.3) is 0 Å². The second kappa shape index (κ2) is 7.72.